The van der Waals surface area contributed by atoms with E-state index in [1.54, 1.807) is 31.5 Å². The molecule has 2 aromatic rings. The fourth-order valence-corrected chi connectivity index (χ4v) is 6.73. The van der Waals surface area contributed by atoms with Crippen LogP contribution >= 0.6 is 0 Å². The number of aryl methyl sites for hydroxylation is 1. The average Bonchev–Trinajstić information content (AvgIpc) is 3.53. The van der Waals surface area contributed by atoms with E-state index in [1.165, 1.54) is 36.2 Å². The van der Waals surface area contributed by atoms with Crippen molar-refractivity contribution in [2.24, 2.45) is 17.8 Å². The van der Waals surface area contributed by atoms with Gasteiger partial charge in [0.05, 0.1) is 11.9 Å². The van der Waals surface area contributed by atoms with E-state index < -0.39 is 10.0 Å². The number of nitrogens with zero attached hydrogens (tertiary/aromatic N) is 5. The number of carbonyl (C=O) groups is 1. The third-order valence-electron chi connectivity index (χ3n) is 6.98. The van der Waals surface area contributed by atoms with Gasteiger partial charge in [-0.3, -0.25) is 9.78 Å². The molecule has 0 bridgehead atoms. The highest BCUT2D eigenvalue weighted by Crippen LogP contribution is 2.56. The zero-order valence-corrected chi connectivity index (χ0v) is 18.5. The van der Waals surface area contributed by atoms with Gasteiger partial charge in [0, 0.05) is 50.1 Å². The molecule has 0 radical (unpaired) electrons. The van der Waals surface area contributed by atoms with Crippen LogP contribution in [0.5, 0.6) is 0 Å². The largest absolute Gasteiger partial charge is 0.340 e. The highest BCUT2D eigenvalue weighted by molar-refractivity contribution is 7.89. The van der Waals surface area contributed by atoms with Crippen molar-refractivity contribution in [2.45, 2.75) is 37.5 Å². The van der Waals surface area contributed by atoms with E-state index in [-0.39, 0.29) is 16.7 Å². The fraction of sp³-hybridized carbons (Fsp3) is 0.545. The standard InChI is InChI=1S/C22H27N5O3S/c1-15-19(14-24-21(25-15)16-6-8-23-9-7-16)31(29,30)27-12-10-26(11-13-27)22(28)20-17-4-2-3-5-18(17)20/h6-9,14,17-18,20H,2-5,10-13H2,1H3/t17-,18-/m0/s1. The van der Waals surface area contributed by atoms with Gasteiger partial charge in [-0.1, -0.05) is 12.8 Å². The van der Waals surface area contributed by atoms with Gasteiger partial charge in [0.15, 0.2) is 5.82 Å². The van der Waals surface area contributed by atoms with Gasteiger partial charge < -0.3 is 4.90 Å². The van der Waals surface area contributed by atoms with Crippen LogP contribution in [0.15, 0.2) is 35.6 Å². The molecule has 3 heterocycles. The van der Waals surface area contributed by atoms with Gasteiger partial charge in [-0.05, 0) is 43.7 Å². The number of hydrogen-bond donors (Lipinski definition) is 0. The van der Waals surface area contributed by atoms with Gasteiger partial charge in [0.25, 0.3) is 0 Å². The van der Waals surface area contributed by atoms with E-state index in [9.17, 15) is 13.2 Å². The summed E-state index contributed by atoms with van der Waals surface area (Å²) in [4.78, 5) is 27.6. The third-order valence-corrected chi connectivity index (χ3v) is 8.98. The first kappa shape index (κ1) is 20.5. The molecule has 0 N–H and O–H groups in total. The zero-order chi connectivity index (χ0) is 21.6. The van der Waals surface area contributed by atoms with E-state index in [2.05, 4.69) is 15.0 Å². The molecule has 5 rings (SSSR count). The molecule has 2 saturated carbocycles. The number of hydrogen-bond acceptors (Lipinski definition) is 6. The molecule has 1 aliphatic heterocycles. The van der Waals surface area contributed by atoms with Crippen LogP contribution in [0.4, 0.5) is 0 Å². The summed E-state index contributed by atoms with van der Waals surface area (Å²) in [7, 11) is -3.71. The maximum absolute atomic E-state index is 13.2. The Morgan fingerprint density at radius 1 is 1.03 bits per heavy atom. The molecule has 8 nitrogen and oxygen atoms in total. The minimum absolute atomic E-state index is 0.123. The summed E-state index contributed by atoms with van der Waals surface area (Å²) in [5.74, 6) is 2.03. The Kier molecular flexibility index (Phi) is 5.26. The second kappa shape index (κ2) is 7.94. The molecule has 2 atom stereocenters. The first-order valence-corrected chi connectivity index (χ1v) is 12.4. The highest BCUT2D eigenvalue weighted by Gasteiger charge is 2.56. The summed E-state index contributed by atoms with van der Waals surface area (Å²) in [6, 6.07) is 3.57. The molecule has 9 heteroatoms. The summed E-state index contributed by atoms with van der Waals surface area (Å²) >= 11 is 0. The topological polar surface area (TPSA) is 96.4 Å². The van der Waals surface area contributed by atoms with Crippen molar-refractivity contribution in [1.29, 1.82) is 0 Å². The lowest BCUT2D eigenvalue weighted by molar-refractivity contribution is -0.134. The van der Waals surface area contributed by atoms with E-state index >= 15 is 0 Å². The maximum atomic E-state index is 13.2. The Morgan fingerprint density at radius 3 is 2.29 bits per heavy atom. The van der Waals surface area contributed by atoms with Crippen LogP contribution in [0, 0.1) is 24.7 Å². The number of piperazine rings is 1. The normalized spacial score (nSPS) is 26.4. The van der Waals surface area contributed by atoms with E-state index in [0.29, 0.717) is 49.5 Å². The average molecular weight is 442 g/mol. The van der Waals surface area contributed by atoms with Crippen LogP contribution in [0.25, 0.3) is 11.4 Å². The van der Waals surface area contributed by atoms with Crippen molar-refractivity contribution in [3.63, 3.8) is 0 Å². The fourth-order valence-electron chi connectivity index (χ4n) is 5.21. The quantitative estimate of drug-likeness (QED) is 0.721. The summed E-state index contributed by atoms with van der Waals surface area (Å²) < 4.78 is 27.9. The summed E-state index contributed by atoms with van der Waals surface area (Å²) in [5.41, 5.74) is 1.21. The first-order valence-electron chi connectivity index (χ1n) is 11.0. The van der Waals surface area contributed by atoms with E-state index in [4.69, 9.17) is 0 Å². The van der Waals surface area contributed by atoms with Crippen molar-refractivity contribution in [2.75, 3.05) is 26.2 Å². The molecule has 1 amide bonds. The van der Waals surface area contributed by atoms with Crippen molar-refractivity contribution in [3.05, 3.63) is 36.4 Å². The van der Waals surface area contributed by atoms with Gasteiger partial charge in [0.2, 0.25) is 15.9 Å². The number of amides is 1. The van der Waals surface area contributed by atoms with Crippen LogP contribution in [0.1, 0.15) is 31.4 Å². The zero-order valence-electron chi connectivity index (χ0n) is 17.6. The molecular formula is C22H27N5O3S. The van der Waals surface area contributed by atoms with Crippen molar-refractivity contribution in [1.82, 2.24) is 24.2 Å². The van der Waals surface area contributed by atoms with Gasteiger partial charge in [-0.25, -0.2) is 18.4 Å². The number of fused-ring (bicyclic) bond motifs is 1. The first-order chi connectivity index (χ1) is 15.0. The highest BCUT2D eigenvalue weighted by atomic mass is 32.2. The molecule has 0 spiro atoms. The van der Waals surface area contributed by atoms with Crippen LogP contribution in [0.2, 0.25) is 0 Å². The molecule has 1 saturated heterocycles. The van der Waals surface area contributed by atoms with Gasteiger partial charge in [-0.15, -0.1) is 0 Å². The second-order valence-corrected chi connectivity index (χ2v) is 10.7. The molecule has 2 aromatic heterocycles. The lowest BCUT2D eigenvalue weighted by Crippen LogP contribution is -2.51. The van der Waals surface area contributed by atoms with Gasteiger partial charge in [-0.2, -0.15) is 4.31 Å². The monoisotopic (exact) mass is 441 g/mol. The number of carbonyl (C=O) groups excluding carboxylic acids is 1. The van der Waals surface area contributed by atoms with Crippen LogP contribution in [-0.4, -0.2) is 64.7 Å². The Hall–Kier alpha value is -2.39. The minimum atomic E-state index is -3.71. The van der Waals surface area contributed by atoms with Gasteiger partial charge in [0.1, 0.15) is 4.90 Å². The maximum Gasteiger partial charge on any atom is 0.246 e. The molecule has 2 aliphatic carbocycles. The number of pyridine rings is 1. The molecule has 3 aliphatic rings. The summed E-state index contributed by atoms with van der Waals surface area (Å²) in [5, 5.41) is 0. The Bertz CT molecular complexity index is 1070. The lowest BCUT2D eigenvalue weighted by Gasteiger charge is -2.34. The Labute approximate surface area is 182 Å². The molecule has 0 aromatic carbocycles. The number of rotatable bonds is 4. The molecule has 3 fully saturated rings. The smallest absolute Gasteiger partial charge is 0.246 e. The molecule has 0 unspecified atom stereocenters. The van der Waals surface area contributed by atoms with E-state index in [0.717, 1.165) is 5.56 Å². The number of sulfonamides is 1. The molecule has 164 valence electrons. The summed E-state index contributed by atoms with van der Waals surface area (Å²) in [6.07, 6.45) is 9.50. The number of aromatic nitrogens is 3. The molecule has 31 heavy (non-hydrogen) atoms. The van der Waals surface area contributed by atoms with Crippen molar-refractivity contribution >= 4 is 15.9 Å². The summed E-state index contributed by atoms with van der Waals surface area (Å²) in [6.45, 7) is 3.20. The van der Waals surface area contributed by atoms with Crippen LogP contribution < -0.4 is 0 Å². The Balaban J connectivity index is 1.26. The SMILES string of the molecule is Cc1nc(-c2ccncc2)ncc1S(=O)(=O)N1CCN(C(=O)C2[C@H]3CCCC[C@H]23)CC1. The molecular weight excluding hydrogens is 414 g/mol. The van der Waals surface area contributed by atoms with Crippen molar-refractivity contribution < 1.29 is 13.2 Å². The van der Waals surface area contributed by atoms with Crippen LogP contribution in [-0.2, 0) is 14.8 Å². The van der Waals surface area contributed by atoms with Crippen molar-refractivity contribution in [3.8, 4) is 11.4 Å². The van der Waals surface area contributed by atoms with Crippen LogP contribution in [0.3, 0.4) is 0 Å². The van der Waals surface area contributed by atoms with Gasteiger partial charge >= 0.3 is 0 Å². The second-order valence-electron chi connectivity index (χ2n) is 8.75. The Morgan fingerprint density at radius 2 is 1.68 bits per heavy atom. The minimum Gasteiger partial charge on any atom is -0.340 e. The third kappa shape index (κ3) is 3.74. The predicted octanol–water partition coefficient (Wildman–Crippen LogP) is 2.12. The van der Waals surface area contributed by atoms with E-state index in [1.807, 2.05) is 4.90 Å². The predicted molar refractivity (Wildman–Crippen MR) is 114 cm³/mol. The lowest BCUT2D eigenvalue weighted by atomic mass is 10.0.